The van der Waals surface area contributed by atoms with Crippen LogP contribution in [0.2, 0.25) is 0 Å². The van der Waals surface area contributed by atoms with Gasteiger partial charge in [0.1, 0.15) is 16.4 Å². The summed E-state index contributed by atoms with van der Waals surface area (Å²) in [7, 11) is 0. The minimum Gasteiger partial charge on any atom is -0.383 e. The summed E-state index contributed by atoms with van der Waals surface area (Å²) in [6.45, 7) is 8.13. The second kappa shape index (κ2) is 8.30. The minimum absolute atomic E-state index is 0.730. The lowest BCUT2D eigenvalue weighted by Crippen LogP contribution is -2.46. The lowest BCUT2D eigenvalue weighted by atomic mass is 9.88. The Morgan fingerprint density at radius 2 is 1.83 bits per heavy atom. The molecule has 0 spiro atoms. The molecule has 2 aliphatic heterocycles. The molecule has 156 valence electrons. The van der Waals surface area contributed by atoms with Crippen LogP contribution in [0.25, 0.3) is 0 Å². The van der Waals surface area contributed by atoms with Gasteiger partial charge >= 0.3 is 0 Å². The molecule has 1 aliphatic carbocycles. The summed E-state index contributed by atoms with van der Waals surface area (Å²) in [5.74, 6) is 1.99. The van der Waals surface area contributed by atoms with Gasteiger partial charge in [-0.3, -0.25) is 4.90 Å². The molecule has 1 saturated carbocycles. The molecule has 2 saturated heterocycles. The summed E-state index contributed by atoms with van der Waals surface area (Å²) in [5.41, 5.74) is 0.169. The van der Waals surface area contributed by atoms with Crippen molar-refractivity contribution in [3.63, 3.8) is 0 Å². The van der Waals surface area contributed by atoms with Gasteiger partial charge in [0.25, 0.3) is 0 Å². The highest BCUT2D eigenvalue weighted by molar-refractivity contribution is 7.09. The van der Waals surface area contributed by atoms with Crippen LogP contribution >= 0.6 is 11.3 Å². The molecular formula is C22H31N5OS. The molecule has 2 aromatic heterocycles. The molecule has 6 nitrogen and oxygen atoms in total. The van der Waals surface area contributed by atoms with Gasteiger partial charge in [0, 0.05) is 57.4 Å². The van der Waals surface area contributed by atoms with Crippen LogP contribution in [0.4, 0.5) is 5.82 Å². The summed E-state index contributed by atoms with van der Waals surface area (Å²) >= 11 is 1.70. The number of aliphatic hydroxyl groups is 1. The fourth-order valence-corrected chi connectivity index (χ4v) is 5.42. The zero-order chi connectivity index (χ0) is 19.7. The highest BCUT2D eigenvalue weighted by Crippen LogP contribution is 2.36. The zero-order valence-corrected chi connectivity index (χ0v) is 17.9. The molecule has 0 unspecified atom stereocenters. The Bertz CT molecular complexity index is 793. The SMILES string of the molecule is OC1(c2csc(CN3CCN(c4ccccn4)CC3)n2)CCN(CC2CC2)CC1. The zero-order valence-electron chi connectivity index (χ0n) is 17.0. The van der Waals surface area contributed by atoms with Gasteiger partial charge in [0.05, 0.1) is 12.2 Å². The average molecular weight is 414 g/mol. The number of aromatic nitrogens is 2. The molecule has 7 heteroatoms. The number of pyridine rings is 1. The van der Waals surface area contributed by atoms with Gasteiger partial charge in [-0.2, -0.15) is 0 Å². The second-order valence-corrected chi connectivity index (χ2v) is 9.80. The predicted octanol–water partition coefficient (Wildman–Crippen LogP) is 2.55. The van der Waals surface area contributed by atoms with Gasteiger partial charge in [-0.15, -0.1) is 11.3 Å². The number of rotatable bonds is 6. The third-order valence-electron chi connectivity index (χ3n) is 6.63. The number of hydrogen-bond donors (Lipinski definition) is 1. The van der Waals surface area contributed by atoms with E-state index < -0.39 is 5.60 Å². The number of likely N-dealkylation sites (tertiary alicyclic amines) is 1. The highest BCUT2D eigenvalue weighted by Gasteiger charge is 2.37. The number of piperidine rings is 1. The molecule has 3 aliphatic rings. The van der Waals surface area contributed by atoms with Crippen LogP contribution in [-0.2, 0) is 12.1 Å². The Hall–Kier alpha value is -1.54. The summed E-state index contributed by atoms with van der Waals surface area (Å²) < 4.78 is 0. The molecule has 0 atom stereocenters. The Balaban J connectivity index is 1.13. The van der Waals surface area contributed by atoms with Crippen LogP contribution in [0.15, 0.2) is 29.8 Å². The van der Waals surface area contributed by atoms with E-state index in [1.165, 1.54) is 19.4 Å². The lowest BCUT2D eigenvalue weighted by molar-refractivity contribution is -0.0298. The monoisotopic (exact) mass is 413 g/mol. The number of anilines is 1. The van der Waals surface area contributed by atoms with E-state index in [0.717, 1.165) is 81.1 Å². The van der Waals surface area contributed by atoms with Crippen molar-refractivity contribution in [2.24, 2.45) is 5.92 Å². The fraction of sp³-hybridized carbons (Fsp3) is 0.636. The van der Waals surface area contributed by atoms with Crippen LogP contribution in [0.5, 0.6) is 0 Å². The van der Waals surface area contributed by atoms with Gasteiger partial charge in [-0.1, -0.05) is 6.07 Å². The van der Waals surface area contributed by atoms with Crippen molar-refractivity contribution in [1.82, 2.24) is 19.8 Å². The smallest absolute Gasteiger partial charge is 0.128 e. The Morgan fingerprint density at radius 1 is 1.03 bits per heavy atom. The van der Waals surface area contributed by atoms with Crippen LogP contribution in [-0.4, -0.2) is 70.7 Å². The summed E-state index contributed by atoms with van der Waals surface area (Å²) in [4.78, 5) is 16.7. The molecule has 3 fully saturated rings. The Labute approximate surface area is 177 Å². The molecule has 4 heterocycles. The van der Waals surface area contributed by atoms with Crippen molar-refractivity contribution in [2.45, 2.75) is 37.8 Å². The van der Waals surface area contributed by atoms with Gasteiger partial charge in [0.2, 0.25) is 0 Å². The average Bonchev–Trinajstić information content (AvgIpc) is 3.45. The van der Waals surface area contributed by atoms with Crippen molar-refractivity contribution >= 4 is 17.2 Å². The van der Waals surface area contributed by atoms with Gasteiger partial charge < -0.3 is 14.9 Å². The van der Waals surface area contributed by atoms with Crippen LogP contribution < -0.4 is 4.90 Å². The first-order valence-electron chi connectivity index (χ1n) is 11.0. The number of nitrogens with zero attached hydrogens (tertiary/aromatic N) is 5. The first kappa shape index (κ1) is 19.4. The van der Waals surface area contributed by atoms with Crippen molar-refractivity contribution in [1.29, 1.82) is 0 Å². The Morgan fingerprint density at radius 3 is 2.52 bits per heavy atom. The topological polar surface area (TPSA) is 55.7 Å². The number of piperazine rings is 1. The molecule has 0 radical (unpaired) electrons. The lowest BCUT2D eigenvalue weighted by Gasteiger charge is -2.37. The molecule has 0 bridgehead atoms. The van der Waals surface area contributed by atoms with E-state index in [4.69, 9.17) is 4.98 Å². The second-order valence-electron chi connectivity index (χ2n) is 8.85. The fourth-order valence-electron chi connectivity index (χ4n) is 4.49. The molecule has 0 aromatic carbocycles. The predicted molar refractivity (Wildman–Crippen MR) is 116 cm³/mol. The molecule has 1 N–H and O–H groups in total. The summed E-state index contributed by atoms with van der Waals surface area (Å²) in [6.07, 6.45) is 6.27. The maximum Gasteiger partial charge on any atom is 0.128 e. The van der Waals surface area contributed by atoms with Crippen molar-refractivity contribution in [3.8, 4) is 0 Å². The van der Waals surface area contributed by atoms with Crippen molar-refractivity contribution in [2.75, 3.05) is 50.7 Å². The van der Waals surface area contributed by atoms with E-state index in [9.17, 15) is 5.11 Å². The van der Waals surface area contributed by atoms with Crippen LogP contribution in [0.1, 0.15) is 36.4 Å². The minimum atomic E-state index is -0.730. The van der Waals surface area contributed by atoms with Gasteiger partial charge in [0.15, 0.2) is 0 Å². The summed E-state index contributed by atoms with van der Waals surface area (Å²) in [5, 5.41) is 14.4. The maximum absolute atomic E-state index is 11.2. The van der Waals surface area contributed by atoms with Crippen molar-refractivity contribution in [3.05, 3.63) is 40.5 Å². The maximum atomic E-state index is 11.2. The number of hydrogen-bond acceptors (Lipinski definition) is 7. The number of thiazole rings is 1. The normalized spacial score (nSPS) is 23.4. The standard InChI is InChI=1S/C22H31N5OS/c28-22(6-9-25(10-7-22)15-18-4-5-18)19-17-29-21(24-19)16-26-11-13-27(14-12-26)20-3-1-2-8-23-20/h1-3,8,17-18,28H,4-7,9-16H2. The van der Waals surface area contributed by atoms with E-state index in [2.05, 4.69) is 31.1 Å². The third-order valence-corrected chi connectivity index (χ3v) is 7.46. The largest absolute Gasteiger partial charge is 0.383 e. The van der Waals surface area contributed by atoms with Crippen LogP contribution in [0, 0.1) is 5.92 Å². The van der Waals surface area contributed by atoms with Crippen molar-refractivity contribution < 1.29 is 5.11 Å². The van der Waals surface area contributed by atoms with Crippen LogP contribution in [0.3, 0.4) is 0 Å². The first-order chi connectivity index (χ1) is 14.2. The highest BCUT2D eigenvalue weighted by atomic mass is 32.1. The Kier molecular flexibility index (Phi) is 5.56. The quantitative estimate of drug-likeness (QED) is 0.786. The molecule has 5 rings (SSSR count). The van der Waals surface area contributed by atoms with E-state index in [0.29, 0.717) is 0 Å². The first-order valence-corrected chi connectivity index (χ1v) is 11.8. The molecular weight excluding hydrogens is 382 g/mol. The van der Waals surface area contributed by atoms with Gasteiger partial charge in [-0.05, 0) is 43.7 Å². The van der Waals surface area contributed by atoms with E-state index >= 15 is 0 Å². The third kappa shape index (κ3) is 4.63. The summed E-state index contributed by atoms with van der Waals surface area (Å²) in [6, 6.07) is 6.09. The molecule has 29 heavy (non-hydrogen) atoms. The molecule has 0 amide bonds. The van der Waals surface area contributed by atoms with E-state index in [1.807, 2.05) is 18.3 Å². The van der Waals surface area contributed by atoms with Gasteiger partial charge in [-0.25, -0.2) is 9.97 Å². The van der Waals surface area contributed by atoms with E-state index in [1.54, 1.807) is 11.3 Å². The van der Waals surface area contributed by atoms with E-state index in [-0.39, 0.29) is 0 Å². The molecule has 2 aromatic rings.